The zero-order valence-corrected chi connectivity index (χ0v) is 7.98. The van der Waals surface area contributed by atoms with Gasteiger partial charge in [-0.2, -0.15) is 0 Å². The Morgan fingerprint density at radius 3 is 2.77 bits per heavy atom. The third-order valence-electron chi connectivity index (χ3n) is 2.08. The lowest BCUT2D eigenvalue weighted by Gasteiger charge is -2.01. The first kappa shape index (κ1) is 10.3. The Bertz CT molecular complexity index is 243. The van der Waals surface area contributed by atoms with Crippen LogP contribution in [0.4, 0.5) is 0 Å². The number of nitrogens with zero attached hydrogens (tertiary/aromatic N) is 1. The highest BCUT2D eigenvalue weighted by molar-refractivity contribution is 5.12. The van der Waals surface area contributed by atoms with Crippen molar-refractivity contribution < 1.29 is 10.2 Å². The van der Waals surface area contributed by atoms with E-state index in [4.69, 9.17) is 5.11 Å². The molecule has 0 bridgehead atoms. The second kappa shape index (κ2) is 5.04. The van der Waals surface area contributed by atoms with Crippen LogP contribution in [0, 0.1) is 0 Å². The van der Waals surface area contributed by atoms with Gasteiger partial charge in [-0.15, -0.1) is 0 Å². The molecule has 1 aromatic heterocycles. The van der Waals surface area contributed by atoms with Gasteiger partial charge in [0, 0.05) is 25.5 Å². The van der Waals surface area contributed by atoms with Gasteiger partial charge in [0.2, 0.25) is 0 Å². The maximum atomic E-state index is 9.26. The van der Waals surface area contributed by atoms with Crippen molar-refractivity contribution in [3.8, 4) is 0 Å². The molecule has 13 heavy (non-hydrogen) atoms. The molecule has 0 aliphatic heterocycles. The number of unbranched alkanes of at least 4 members (excludes halogenated alkanes) is 1. The van der Waals surface area contributed by atoms with Gasteiger partial charge in [0.1, 0.15) is 0 Å². The SMILES string of the molecule is CC(O)c1ccn(CCCCO)c1. The van der Waals surface area contributed by atoms with Gasteiger partial charge in [0.25, 0.3) is 0 Å². The maximum Gasteiger partial charge on any atom is 0.0776 e. The first-order valence-electron chi connectivity index (χ1n) is 4.68. The van der Waals surface area contributed by atoms with Crippen molar-refractivity contribution in [2.75, 3.05) is 6.61 Å². The first-order chi connectivity index (χ1) is 6.24. The summed E-state index contributed by atoms with van der Waals surface area (Å²) in [5.74, 6) is 0. The molecule has 2 N–H and O–H groups in total. The Balaban J connectivity index is 2.40. The molecule has 0 aromatic carbocycles. The van der Waals surface area contributed by atoms with Crippen molar-refractivity contribution in [2.24, 2.45) is 0 Å². The van der Waals surface area contributed by atoms with E-state index in [1.165, 1.54) is 0 Å². The number of aromatic nitrogens is 1. The van der Waals surface area contributed by atoms with Crippen LogP contribution in [0.5, 0.6) is 0 Å². The van der Waals surface area contributed by atoms with E-state index in [9.17, 15) is 5.11 Å². The van der Waals surface area contributed by atoms with Crippen LogP contribution in [0.2, 0.25) is 0 Å². The molecule has 1 unspecified atom stereocenters. The van der Waals surface area contributed by atoms with Crippen LogP contribution in [0.3, 0.4) is 0 Å². The molecule has 0 fully saturated rings. The minimum atomic E-state index is -0.390. The van der Waals surface area contributed by atoms with Crippen LogP contribution in [0.1, 0.15) is 31.4 Å². The van der Waals surface area contributed by atoms with Gasteiger partial charge >= 0.3 is 0 Å². The van der Waals surface area contributed by atoms with Gasteiger partial charge in [-0.25, -0.2) is 0 Å². The standard InChI is InChI=1S/C10H17NO2/c1-9(13)10-4-6-11(8-10)5-2-3-7-12/h4,6,8-9,12-13H,2-3,5,7H2,1H3. The maximum absolute atomic E-state index is 9.26. The Morgan fingerprint density at radius 1 is 1.46 bits per heavy atom. The monoisotopic (exact) mass is 183 g/mol. The Morgan fingerprint density at radius 2 is 2.23 bits per heavy atom. The van der Waals surface area contributed by atoms with Crippen molar-refractivity contribution in [2.45, 2.75) is 32.4 Å². The van der Waals surface area contributed by atoms with Crippen LogP contribution < -0.4 is 0 Å². The van der Waals surface area contributed by atoms with E-state index in [2.05, 4.69) is 0 Å². The lowest BCUT2D eigenvalue weighted by molar-refractivity contribution is 0.199. The van der Waals surface area contributed by atoms with Crippen molar-refractivity contribution in [3.63, 3.8) is 0 Å². The normalized spacial score (nSPS) is 13.2. The molecule has 1 atom stereocenters. The summed E-state index contributed by atoms with van der Waals surface area (Å²) < 4.78 is 2.04. The summed E-state index contributed by atoms with van der Waals surface area (Å²) in [5, 5.41) is 17.8. The lowest BCUT2D eigenvalue weighted by atomic mass is 10.2. The van der Waals surface area contributed by atoms with Crippen LogP contribution in [0.25, 0.3) is 0 Å². The molecule has 3 heteroatoms. The van der Waals surface area contributed by atoms with Crippen molar-refractivity contribution >= 4 is 0 Å². The van der Waals surface area contributed by atoms with Crippen LogP contribution in [0.15, 0.2) is 18.5 Å². The molecule has 0 saturated heterocycles. The Kier molecular flexibility index (Phi) is 3.99. The molecule has 74 valence electrons. The van der Waals surface area contributed by atoms with Crippen molar-refractivity contribution in [1.82, 2.24) is 4.57 Å². The predicted molar refractivity (Wildman–Crippen MR) is 51.4 cm³/mol. The smallest absolute Gasteiger partial charge is 0.0776 e. The molecular formula is C10H17NO2. The molecule has 0 aliphatic carbocycles. The van der Waals surface area contributed by atoms with E-state index in [0.29, 0.717) is 0 Å². The number of aliphatic hydroxyl groups excluding tert-OH is 2. The number of aliphatic hydroxyl groups is 2. The summed E-state index contributed by atoms with van der Waals surface area (Å²) in [6.07, 6.45) is 5.33. The molecule has 3 nitrogen and oxygen atoms in total. The summed E-state index contributed by atoms with van der Waals surface area (Å²) in [5.41, 5.74) is 0.948. The van der Waals surface area contributed by atoms with E-state index >= 15 is 0 Å². The minimum absolute atomic E-state index is 0.254. The van der Waals surface area contributed by atoms with Gasteiger partial charge in [0.05, 0.1) is 6.10 Å². The van der Waals surface area contributed by atoms with E-state index in [1.54, 1.807) is 6.92 Å². The Hall–Kier alpha value is -0.800. The van der Waals surface area contributed by atoms with Crippen LogP contribution >= 0.6 is 0 Å². The van der Waals surface area contributed by atoms with Gasteiger partial charge in [-0.3, -0.25) is 0 Å². The highest BCUT2D eigenvalue weighted by Crippen LogP contribution is 2.12. The third-order valence-corrected chi connectivity index (χ3v) is 2.08. The second-order valence-electron chi connectivity index (χ2n) is 3.29. The summed E-state index contributed by atoms with van der Waals surface area (Å²) in [6.45, 7) is 2.92. The summed E-state index contributed by atoms with van der Waals surface area (Å²) in [4.78, 5) is 0. The largest absolute Gasteiger partial charge is 0.396 e. The fourth-order valence-electron chi connectivity index (χ4n) is 1.25. The zero-order valence-electron chi connectivity index (χ0n) is 7.98. The van der Waals surface area contributed by atoms with E-state index < -0.39 is 0 Å². The molecule has 0 aliphatic rings. The summed E-state index contributed by atoms with van der Waals surface area (Å²) in [6, 6.07) is 1.92. The number of aryl methyl sites for hydroxylation is 1. The summed E-state index contributed by atoms with van der Waals surface area (Å²) in [7, 11) is 0. The topological polar surface area (TPSA) is 45.4 Å². The highest BCUT2D eigenvalue weighted by Gasteiger charge is 2.01. The number of hydrogen-bond donors (Lipinski definition) is 2. The molecule has 1 heterocycles. The van der Waals surface area contributed by atoms with Gasteiger partial charge in [-0.05, 0) is 31.4 Å². The fourth-order valence-corrected chi connectivity index (χ4v) is 1.25. The summed E-state index contributed by atoms with van der Waals surface area (Å²) >= 11 is 0. The average molecular weight is 183 g/mol. The molecule has 0 radical (unpaired) electrons. The fraction of sp³-hybridized carbons (Fsp3) is 0.600. The lowest BCUT2D eigenvalue weighted by Crippen LogP contribution is -1.96. The van der Waals surface area contributed by atoms with E-state index in [-0.39, 0.29) is 12.7 Å². The zero-order chi connectivity index (χ0) is 9.68. The molecule has 0 amide bonds. The van der Waals surface area contributed by atoms with Gasteiger partial charge < -0.3 is 14.8 Å². The molecule has 1 rings (SSSR count). The van der Waals surface area contributed by atoms with Crippen molar-refractivity contribution in [1.29, 1.82) is 0 Å². The third kappa shape index (κ3) is 3.20. The molecule has 1 aromatic rings. The Labute approximate surface area is 78.6 Å². The second-order valence-corrected chi connectivity index (χ2v) is 3.29. The highest BCUT2D eigenvalue weighted by atomic mass is 16.3. The van der Waals surface area contributed by atoms with Crippen LogP contribution in [-0.2, 0) is 6.54 Å². The molecular weight excluding hydrogens is 166 g/mol. The molecule has 0 spiro atoms. The van der Waals surface area contributed by atoms with Crippen LogP contribution in [-0.4, -0.2) is 21.4 Å². The minimum Gasteiger partial charge on any atom is -0.396 e. The van der Waals surface area contributed by atoms with Crippen molar-refractivity contribution in [3.05, 3.63) is 24.0 Å². The quantitative estimate of drug-likeness (QED) is 0.676. The van der Waals surface area contributed by atoms with E-state index in [1.807, 2.05) is 23.0 Å². The average Bonchev–Trinajstić information content (AvgIpc) is 2.53. The number of rotatable bonds is 5. The number of hydrogen-bond acceptors (Lipinski definition) is 2. The van der Waals surface area contributed by atoms with E-state index in [0.717, 1.165) is 24.9 Å². The predicted octanol–water partition coefficient (Wildman–Crippen LogP) is 1.31. The van der Waals surface area contributed by atoms with Gasteiger partial charge in [0.15, 0.2) is 0 Å². The molecule has 0 saturated carbocycles. The first-order valence-corrected chi connectivity index (χ1v) is 4.68. The van der Waals surface area contributed by atoms with Gasteiger partial charge in [-0.1, -0.05) is 0 Å².